The number of pyridine rings is 1. The molecule has 0 aliphatic rings. The van der Waals surface area contributed by atoms with Crippen LogP contribution in [0, 0.1) is 17.0 Å². The van der Waals surface area contributed by atoms with E-state index >= 15 is 0 Å². The highest BCUT2D eigenvalue weighted by Crippen LogP contribution is 2.31. The molecule has 0 spiro atoms. The molecule has 0 saturated carbocycles. The van der Waals surface area contributed by atoms with Gasteiger partial charge >= 0.3 is 5.82 Å². The Labute approximate surface area is 94.5 Å². The van der Waals surface area contributed by atoms with Gasteiger partial charge in [0.1, 0.15) is 4.90 Å². The molecule has 0 radical (unpaired) electrons. The van der Waals surface area contributed by atoms with Crippen molar-refractivity contribution in [3.05, 3.63) is 27.4 Å². The Balaban J connectivity index is 3.72. The van der Waals surface area contributed by atoms with Crippen LogP contribution in [0.3, 0.4) is 0 Å². The highest BCUT2D eigenvalue weighted by molar-refractivity contribution is 7.89. The molecule has 2 N–H and O–H groups in total. The number of nitrogens with zero attached hydrogens (tertiary/aromatic N) is 2. The fourth-order valence-corrected chi connectivity index (χ4v) is 2.31. The minimum absolute atomic E-state index is 0.440. The number of hydrogen-bond donors (Lipinski definition) is 1. The predicted molar refractivity (Wildman–Crippen MR) is 52.0 cm³/mol. The zero-order valence-corrected chi connectivity index (χ0v) is 9.24. The van der Waals surface area contributed by atoms with Crippen LogP contribution in [-0.2, 0) is 10.0 Å². The average molecular weight is 267 g/mol. The van der Waals surface area contributed by atoms with Gasteiger partial charge in [-0.15, -0.1) is 0 Å². The summed E-state index contributed by atoms with van der Waals surface area (Å²) in [4.78, 5) is 11.8. The predicted octanol–water partition coefficient (Wildman–Crippen LogP) is 0.883. The van der Waals surface area contributed by atoms with Crippen molar-refractivity contribution in [1.29, 1.82) is 0 Å². The van der Waals surface area contributed by atoms with E-state index in [2.05, 4.69) is 4.98 Å². The molecule has 94 valence electrons. The monoisotopic (exact) mass is 267 g/mol. The van der Waals surface area contributed by atoms with Crippen molar-refractivity contribution in [1.82, 2.24) is 4.98 Å². The topological polar surface area (TPSA) is 116 Å². The van der Waals surface area contributed by atoms with E-state index in [9.17, 15) is 27.3 Å². The second kappa shape index (κ2) is 4.30. The number of sulfonamides is 1. The van der Waals surface area contributed by atoms with Crippen molar-refractivity contribution in [3.8, 4) is 0 Å². The third-order valence-electron chi connectivity index (χ3n) is 1.96. The van der Waals surface area contributed by atoms with Gasteiger partial charge in [0.25, 0.3) is 6.43 Å². The molecule has 0 amide bonds. The van der Waals surface area contributed by atoms with Gasteiger partial charge < -0.3 is 10.1 Å². The molecule has 1 heterocycles. The Kier molecular flexibility index (Phi) is 3.38. The van der Waals surface area contributed by atoms with E-state index in [1.807, 2.05) is 0 Å². The first-order valence-corrected chi connectivity index (χ1v) is 5.65. The summed E-state index contributed by atoms with van der Waals surface area (Å²) < 4.78 is 47.4. The van der Waals surface area contributed by atoms with Gasteiger partial charge in [0.15, 0.2) is 6.20 Å². The summed E-state index contributed by atoms with van der Waals surface area (Å²) in [6.45, 7) is 0.997. The molecule has 0 fully saturated rings. The number of rotatable bonds is 3. The maximum atomic E-state index is 12.5. The fraction of sp³-hybridized carbons (Fsp3) is 0.286. The molecular weight excluding hydrogens is 260 g/mol. The average Bonchev–Trinajstić information content (AvgIpc) is 2.14. The Hall–Kier alpha value is -1.68. The van der Waals surface area contributed by atoms with E-state index in [1.54, 1.807) is 0 Å². The van der Waals surface area contributed by atoms with Crippen LogP contribution in [0.25, 0.3) is 0 Å². The summed E-state index contributed by atoms with van der Waals surface area (Å²) in [6, 6.07) is 0. The summed E-state index contributed by atoms with van der Waals surface area (Å²) >= 11 is 0. The molecule has 1 aromatic rings. The van der Waals surface area contributed by atoms with Crippen molar-refractivity contribution >= 4 is 15.8 Å². The highest BCUT2D eigenvalue weighted by Gasteiger charge is 2.30. The largest absolute Gasteiger partial charge is 0.367 e. The number of nitrogens with two attached hydrogens (primary N) is 1. The second-order valence-corrected chi connectivity index (χ2v) is 4.59. The first-order chi connectivity index (χ1) is 7.66. The Morgan fingerprint density at radius 3 is 2.41 bits per heavy atom. The fourth-order valence-electron chi connectivity index (χ4n) is 1.32. The van der Waals surface area contributed by atoms with Gasteiger partial charge in [-0.1, -0.05) is 0 Å². The van der Waals surface area contributed by atoms with Gasteiger partial charge in [0, 0.05) is 0 Å². The van der Waals surface area contributed by atoms with E-state index < -0.39 is 43.2 Å². The zero-order valence-electron chi connectivity index (χ0n) is 8.42. The van der Waals surface area contributed by atoms with Crippen molar-refractivity contribution < 1.29 is 22.1 Å². The van der Waals surface area contributed by atoms with E-state index in [0.29, 0.717) is 6.20 Å². The standard InChI is InChI=1S/C7H7F2N3O4S/c1-3-5(17(10,15)16)4(6(8)9)2-11-7(3)12(13)14/h2,6H,1H3,(H2,10,15,16). The molecule has 1 aromatic heterocycles. The van der Waals surface area contributed by atoms with Gasteiger partial charge in [0.05, 0.1) is 11.1 Å². The SMILES string of the molecule is Cc1c([N+](=O)[O-])ncc(C(F)F)c1S(N)(=O)=O. The number of nitro groups is 1. The number of hydrogen-bond acceptors (Lipinski definition) is 5. The molecule has 10 heteroatoms. The first kappa shape index (κ1) is 13.4. The number of alkyl halides is 2. The molecule has 0 atom stereocenters. The van der Waals surface area contributed by atoms with Crippen LogP contribution >= 0.6 is 0 Å². The summed E-state index contributed by atoms with van der Waals surface area (Å²) in [5.41, 5.74) is -1.45. The van der Waals surface area contributed by atoms with Gasteiger partial charge in [-0.25, -0.2) is 22.3 Å². The second-order valence-electron chi connectivity index (χ2n) is 3.09. The van der Waals surface area contributed by atoms with Crippen molar-refractivity contribution in [2.75, 3.05) is 0 Å². The van der Waals surface area contributed by atoms with Gasteiger partial charge in [-0.05, 0) is 16.8 Å². The Morgan fingerprint density at radius 1 is 1.53 bits per heavy atom. The summed E-state index contributed by atoms with van der Waals surface area (Å²) in [7, 11) is -4.49. The summed E-state index contributed by atoms with van der Waals surface area (Å²) in [5, 5.41) is 15.3. The molecule has 0 saturated heterocycles. The number of halogens is 2. The minimum Gasteiger partial charge on any atom is -0.358 e. The lowest BCUT2D eigenvalue weighted by Crippen LogP contribution is -2.18. The van der Waals surface area contributed by atoms with E-state index in [0.717, 1.165) is 6.92 Å². The third-order valence-corrected chi connectivity index (χ3v) is 3.07. The van der Waals surface area contributed by atoms with E-state index in [4.69, 9.17) is 5.14 Å². The molecule has 1 rings (SSSR count). The van der Waals surface area contributed by atoms with Gasteiger partial charge in [0.2, 0.25) is 10.0 Å². The van der Waals surface area contributed by atoms with Crippen LogP contribution in [0.2, 0.25) is 0 Å². The molecule has 7 nitrogen and oxygen atoms in total. The maximum Gasteiger partial charge on any atom is 0.367 e. The Bertz CT molecular complexity index is 573. The molecule has 0 aliphatic heterocycles. The summed E-state index contributed by atoms with van der Waals surface area (Å²) in [5.74, 6) is -0.821. The van der Waals surface area contributed by atoms with Crippen LogP contribution in [0.1, 0.15) is 17.6 Å². The Morgan fingerprint density at radius 2 is 2.06 bits per heavy atom. The molecule has 0 aromatic carbocycles. The maximum absolute atomic E-state index is 12.5. The van der Waals surface area contributed by atoms with Crippen molar-refractivity contribution in [2.24, 2.45) is 5.14 Å². The molecule has 0 unspecified atom stereocenters. The molecule has 17 heavy (non-hydrogen) atoms. The quantitative estimate of drug-likeness (QED) is 0.644. The first-order valence-electron chi connectivity index (χ1n) is 4.11. The molecule has 0 aliphatic carbocycles. The van der Waals surface area contributed by atoms with Gasteiger partial charge in [-0.2, -0.15) is 0 Å². The lowest BCUT2D eigenvalue weighted by molar-refractivity contribution is -0.390. The van der Waals surface area contributed by atoms with Crippen LogP contribution in [0.5, 0.6) is 0 Å². The van der Waals surface area contributed by atoms with E-state index in [-0.39, 0.29) is 0 Å². The van der Waals surface area contributed by atoms with Gasteiger partial charge in [-0.3, -0.25) is 0 Å². The number of primary sulfonamides is 1. The minimum atomic E-state index is -4.49. The lowest BCUT2D eigenvalue weighted by Gasteiger charge is -2.08. The van der Waals surface area contributed by atoms with Crippen LogP contribution in [0.15, 0.2) is 11.1 Å². The highest BCUT2D eigenvalue weighted by atomic mass is 32.2. The normalized spacial score (nSPS) is 11.8. The molecular formula is C7H7F2N3O4S. The molecule has 0 bridgehead atoms. The number of aromatic nitrogens is 1. The summed E-state index contributed by atoms with van der Waals surface area (Å²) in [6.07, 6.45) is -2.70. The third kappa shape index (κ3) is 2.53. The van der Waals surface area contributed by atoms with Crippen molar-refractivity contribution in [3.63, 3.8) is 0 Å². The lowest BCUT2D eigenvalue weighted by atomic mass is 10.2. The van der Waals surface area contributed by atoms with Crippen molar-refractivity contribution in [2.45, 2.75) is 18.2 Å². The van der Waals surface area contributed by atoms with Crippen LogP contribution < -0.4 is 5.14 Å². The smallest absolute Gasteiger partial charge is 0.358 e. The van der Waals surface area contributed by atoms with E-state index in [1.165, 1.54) is 0 Å². The zero-order chi connectivity index (χ0) is 13.4. The van der Waals surface area contributed by atoms with Crippen LogP contribution in [-0.4, -0.2) is 18.3 Å². The van der Waals surface area contributed by atoms with Crippen LogP contribution in [0.4, 0.5) is 14.6 Å².